The van der Waals surface area contributed by atoms with Crippen molar-refractivity contribution in [3.63, 3.8) is 0 Å². The van der Waals surface area contributed by atoms with Crippen molar-refractivity contribution in [3.05, 3.63) is 56.2 Å². The van der Waals surface area contributed by atoms with Crippen LogP contribution in [0.2, 0.25) is 0 Å². The zero-order chi connectivity index (χ0) is 16.2. The molecule has 0 aliphatic carbocycles. The monoisotopic (exact) mass is 392 g/mol. The zero-order valence-electron chi connectivity index (χ0n) is 13.2. The number of nitrogens with one attached hydrogen (secondary N) is 1. The Balaban J connectivity index is 1.57. The van der Waals surface area contributed by atoms with Gasteiger partial charge in [0.1, 0.15) is 0 Å². The van der Waals surface area contributed by atoms with Crippen molar-refractivity contribution in [2.24, 2.45) is 0 Å². The third kappa shape index (κ3) is 4.22. The Labute approximate surface area is 149 Å². The highest BCUT2D eigenvalue weighted by atomic mass is 79.9. The summed E-state index contributed by atoms with van der Waals surface area (Å²) in [6.45, 7) is 4.44. The van der Waals surface area contributed by atoms with Gasteiger partial charge in [-0.15, -0.1) is 11.3 Å². The first kappa shape index (κ1) is 16.7. The summed E-state index contributed by atoms with van der Waals surface area (Å²) in [5.74, 6) is 0.110. The Hall–Kier alpha value is -1.17. The second kappa shape index (κ2) is 7.60. The maximum atomic E-state index is 12.4. The molecule has 1 aromatic heterocycles. The molecule has 122 valence electrons. The van der Waals surface area contributed by atoms with E-state index in [9.17, 15) is 4.79 Å². The molecule has 1 N–H and O–H groups in total. The van der Waals surface area contributed by atoms with Crippen molar-refractivity contribution in [3.8, 4) is 0 Å². The standard InChI is InChI=1S/C18H21BrN2OS/c1-2-16(13-3-5-15(19)6-4-13)20-18(22)12-21-9-7-17-14(11-21)8-10-23-17/h3-6,8,10,16H,2,7,9,11-12H2,1H3,(H,20,22). The molecule has 1 aromatic carbocycles. The van der Waals surface area contributed by atoms with E-state index in [2.05, 4.69) is 56.6 Å². The molecule has 1 atom stereocenters. The molecule has 0 saturated heterocycles. The molecule has 3 nitrogen and oxygen atoms in total. The van der Waals surface area contributed by atoms with Gasteiger partial charge in [-0.25, -0.2) is 0 Å². The van der Waals surface area contributed by atoms with E-state index in [1.165, 1.54) is 10.4 Å². The third-order valence-corrected chi connectivity index (χ3v) is 5.82. The lowest BCUT2D eigenvalue weighted by molar-refractivity contribution is -0.123. The summed E-state index contributed by atoms with van der Waals surface area (Å²) in [6, 6.07) is 10.4. The normalized spacial score (nSPS) is 15.9. The fourth-order valence-electron chi connectivity index (χ4n) is 3.00. The molecule has 0 saturated carbocycles. The van der Waals surface area contributed by atoms with E-state index >= 15 is 0 Å². The van der Waals surface area contributed by atoms with Gasteiger partial charge in [-0.2, -0.15) is 0 Å². The average molecular weight is 393 g/mol. The molecular formula is C18H21BrN2OS. The Kier molecular flexibility index (Phi) is 5.51. The van der Waals surface area contributed by atoms with Crippen LogP contribution in [0.25, 0.3) is 0 Å². The van der Waals surface area contributed by atoms with Crippen LogP contribution >= 0.6 is 27.3 Å². The second-order valence-electron chi connectivity index (χ2n) is 5.91. The molecule has 1 amide bonds. The zero-order valence-corrected chi connectivity index (χ0v) is 15.6. The van der Waals surface area contributed by atoms with Gasteiger partial charge in [-0.05, 0) is 47.5 Å². The fraction of sp³-hybridized carbons (Fsp3) is 0.389. The number of carbonyl (C=O) groups is 1. The summed E-state index contributed by atoms with van der Waals surface area (Å²) in [4.78, 5) is 16.1. The highest BCUT2D eigenvalue weighted by molar-refractivity contribution is 9.10. The van der Waals surface area contributed by atoms with Gasteiger partial charge in [-0.3, -0.25) is 9.69 Å². The van der Waals surface area contributed by atoms with E-state index in [1.54, 1.807) is 0 Å². The summed E-state index contributed by atoms with van der Waals surface area (Å²) >= 11 is 5.28. The predicted octanol–water partition coefficient (Wildman–Crippen LogP) is 4.14. The maximum absolute atomic E-state index is 12.4. The smallest absolute Gasteiger partial charge is 0.234 e. The quantitative estimate of drug-likeness (QED) is 0.828. The van der Waals surface area contributed by atoms with E-state index in [1.807, 2.05) is 23.5 Å². The summed E-state index contributed by atoms with van der Waals surface area (Å²) in [7, 11) is 0. The molecule has 2 aromatic rings. The van der Waals surface area contributed by atoms with Crippen LogP contribution in [0.15, 0.2) is 40.2 Å². The lowest BCUT2D eigenvalue weighted by atomic mass is 10.0. The van der Waals surface area contributed by atoms with Gasteiger partial charge in [-0.1, -0.05) is 35.0 Å². The number of hydrogen-bond donors (Lipinski definition) is 1. The van der Waals surface area contributed by atoms with Gasteiger partial charge in [0, 0.05) is 22.4 Å². The van der Waals surface area contributed by atoms with Crippen LogP contribution in [-0.4, -0.2) is 23.9 Å². The molecule has 2 heterocycles. The Bertz CT molecular complexity index is 668. The first-order valence-electron chi connectivity index (χ1n) is 7.98. The van der Waals surface area contributed by atoms with Crippen LogP contribution in [0.5, 0.6) is 0 Å². The van der Waals surface area contributed by atoms with E-state index in [0.29, 0.717) is 6.54 Å². The highest BCUT2D eigenvalue weighted by Gasteiger charge is 2.20. The summed E-state index contributed by atoms with van der Waals surface area (Å²) in [5.41, 5.74) is 2.54. The van der Waals surface area contributed by atoms with Crippen molar-refractivity contribution in [1.82, 2.24) is 10.2 Å². The highest BCUT2D eigenvalue weighted by Crippen LogP contribution is 2.24. The van der Waals surface area contributed by atoms with Crippen LogP contribution in [0, 0.1) is 0 Å². The Morgan fingerprint density at radius 3 is 2.87 bits per heavy atom. The molecule has 1 aliphatic heterocycles. The van der Waals surface area contributed by atoms with Crippen molar-refractivity contribution in [2.45, 2.75) is 32.4 Å². The molecule has 3 rings (SSSR count). The van der Waals surface area contributed by atoms with Gasteiger partial charge in [0.05, 0.1) is 12.6 Å². The van der Waals surface area contributed by atoms with Crippen molar-refractivity contribution < 1.29 is 4.79 Å². The Morgan fingerprint density at radius 1 is 1.35 bits per heavy atom. The molecular weight excluding hydrogens is 372 g/mol. The van der Waals surface area contributed by atoms with Crippen LogP contribution in [0.4, 0.5) is 0 Å². The minimum Gasteiger partial charge on any atom is -0.348 e. The topological polar surface area (TPSA) is 32.3 Å². The lowest BCUT2D eigenvalue weighted by Gasteiger charge is -2.27. The molecule has 0 bridgehead atoms. The Morgan fingerprint density at radius 2 is 2.13 bits per heavy atom. The first-order chi connectivity index (χ1) is 11.2. The number of carbonyl (C=O) groups excluding carboxylic acids is 1. The number of rotatable bonds is 5. The van der Waals surface area contributed by atoms with Gasteiger partial charge >= 0.3 is 0 Å². The molecule has 1 unspecified atom stereocenters. The molecule has 1 aliphatic rings. The average Bonchev–Trinajstić information content (AvgIpc) is 3.01. The lowest BCUT2D eigenvalue weighted by Crippen LogP contribution is -2.40. The van der Waals surface area contributed by atoms with Gasteiger partial charge in [0.25, 0.3) is 0 Å². The number of thiophene rings is 1. The van der Waals surface area contributed by atoms with Gasteiger partial charge in [0.15, 0.2) is 0 Å². The second-order valence-corrected chi connectivity index (χ2v) is 7.83. The number of amides is 1. The van der Waals surface area contributed by atoms with Crippen LogP contribution < -0.4 is 5.32 Å². The molecule has 5 heteroatoms. The number of halogens is 1. The van der Waals surface area contributed by atoms with E-state index in [4.69, 9.17) is 0 Å². The van der Waals surface area contributed by atoms with Crippen LogP contribution in [-0.2, 0) is 17.8 Å². The molecule has 0 fully saturated rings. The summed E-state index contributed by atoms with van der Waals surface area (Å²) in [6.07, 6.45) is 1.95. The maximum Gasteiger partial charge on any atom is 0.234 e. The molecule has 0 spiro atoms. The van der Waals surface area contributed by atoms with E-state index in [0.717, 1.165) is 36.0 Å². The first-order valence-corrected chi connectivity index (χ1v) is 9.65. The molecule has 0 radical (unpaired) electrons. The van der Waals surface area contributed by atoms with Gasteiger partial charge < -0.3 is 5.32 Å². The number of nitrogens with zero attached hydrogens (tertiary/aromatic N) is 1. The number of benzene rings is 1. The number of fused-ring (bicyclic) bond motifs is 1. The minimum absolute atomic E-state index is 0.0806. The number of hydrogen-bond acceptors (Lipinski definition) is 3. The van der Waals surface area contributed by atoms with Gasteiger partial charge in [0.2, 0.25) is 5.91 Å². The van der Waals surface area contributed by atoms with Crippen LogP contribution in [0.1, 0.15) is 35.4 Å². The summed E-state index contributed by atoms with van der Waals surface area (Å²) in [5, 5.41) is 5.32. The predicted molar refractivity (Wildman–Crippen MR) is 98.6 cm³/mol. The largest absolute Gasteiger partial charge is 0.348 e. The third-order valence-electron chi connectivity index (χ3n) is 4.27. The minimum atomic E-state index is 0.0806. The fourth-order valence-corrected chi connectivity index (χ4v) is 4.16. The van der Waals surface area contributed by atoms with E-state index < -0.39 is 0 Å². The van der Waals surface area contributed by atoms with Crippen LogP contribution in [0.3, 0.4) is 0 Å². The van der Waals surface area contributed by atoms with Crippen molar-refractivity contribution >= 4 is 33.2 Å². The van der Waals surface area contributed by atoms with Crippen molar-refractivity contribution in [1.29, 1.82) is 0 Å². The molecule has 23 heavy (non-hydrogen) atoms. The van der Waals surface area contributed by atoms with Crippen molar-refractivity contribution in [2.75, 3.05) is 13.1 Å². The summed E-state index contributed by atoms with van der Waals surface area (Å²) < 4.78 is 1.06. The van der Waals surface area contributed by atoms with E-state index in [-0.39, 0.29) is 11.9 Å². The SMILES string of the molecule is CCC(NC(=O)CN1CCc2sccc2C1)c1ccc(Br)cc1.